The number of aliphatic hydroxyl groups excluding tert-OH is 1. The topological polar surface area (TPSA) is 108 Å². The Labute approximate surface area is 217 Å². The van der Waals surface area contributed by atoms with Gasteiger partial charge in [-0.15, -0.1) is 0 Å². The number of unbranched alkanes of at least 4 members (excludes halogenated alkanes) is 4. The quantitative estimate of drug-likeness (QED) is 0.321. The van der Waals surface area contributed by atoms with Crippen molar-refractivity contribution < 1.29 is 24.2 Å². The van der Waals surface area contributed by atoms with Crippen molar-refractivity contribution in [1.29, 1.82) is 0 Å². The molecule has 1 aromatic carbocycles. The average Bonchev–Trinajstić information content (AvgIpc) is 2.77. The summed E-state index contributed by atoms with van der Waals surface area (Å²) in [5.41, 5.74) is 1.92. The van der Waals surface area contributed by atoms with Gasteiger partial charge in [0.1, 0.15) is 17.7 Å². The number of carbonyl (C=O) groups excluding carboxylic acids is 3. The number of hydrogen-bond acceptors (Lipinski definition) is 5. The maximum absolute atomic E-state index is 13.8. The summed E-state index contributed by atoms with van der Waals surface area (Å²) in [5.74, 6) is -0.791. The summed E-state index contributed by atoms with van der Waals surface area (Å²) < 4.78 is 5.29. The van der Waals surface area contributed by atoms with Gasteiger partial charge in [-0.05, 0) is 53.0 Å². The Morgan fingerprint density at radius 3 is 2.11 bits per heavy atom. The van der Waals surface area contributed by atoms with Gasteiger partial charge < -0.3 is 25.4 Å². The van der Waals surface area contributed by atoms with Crippen molar-refractivity contribution in [2.45, 2.75) is 105 Å². The minimum Gasteiger partial charge on any atom is -0.444 e. The van der Waals surface area contributed by atoms with Crippen molar-refractivity contribution >= 4 is 17.9 Å². The van der Waals surface area contributed by atoms with Crippen LogP contribution < -0.4 is 10.6 Å². The first-order valence-corrected chi connectivity index (χ1v) is 13.2. The zero-order valence-corrected chi connectivity index (χ0v) is 23.3. The van der Waals surface area contributed by atoms with Crippen LogP contribution in [0.2, 0.25) is 0 Å². The normalized spacial score (nSPS) is 13.0. The Hall–Kier alpha value is -2.61. The Morgan fingerprint density at radius 2 is 1.58 bits per heavy atom. The lowest BCUT2D eigenvalue weighted by Crippen LogP contribution is -2.54. The van der Waals surface area contributed by atoms with Crippen molar-refractivity contribution in [1.82, 2.24) is 15.5 Å². The minimum absolute atomic E-state index is 0.272. The smallest absolute Gasteiger partial charge is 0.408 e. The molecule has 0 fully saturated rings. The number of nitrogens with zero attached hydrogens (tertiary/aromatic N) is 1. The van der Waals surface area contributed by atoms with Gasteiger partial charge in [0.2, 0.25) is 11.8 Å². The van der Waals surface area contributed by atoms with Crippen LogP contribution in [0.15, 0.2) is 18.2 Å². The molecule has 0 aliphatic rings. The van der Waals surface area contributed by atoms with Crippen molar-refractivity contribution in [2.24, 2.45) is 0 Å². The molecule has 3 amide bonds. The van der Waals surface area contributed by atoms with Crippen LogP contribution in [0.1, 0.15) is 95.9 Å². The highest BCUT2D eigenvalue weighted by Gasteiger charge is 2.36. The fourth-order valence-electron chi connectivity index (χ4n) is 4.04. The van der Waals surface area contributed by atoms with Crippen LogP contribution in [-0.4, -0.2) is 59.3 Å². The third kappa shape index (κ3) is 11.0. The monoisotopic (exact) mass is 505 g/mol. The number of nitrogens with one attached hydrogen (secondary N) is 2. The molecule has 2 atom stereocenters. The van der Waals surface area contributed by atoms with Crippen LogP contribution in [0, 0.1) is 13.8 Å². The average molecular weight is 506 g/mol. The standard InChI is InChI=1S/C28H47N3O5/c1-8-10-12-13-15-31(26(34)23(19-32)30-27(35)36-28(5,6)7)24(25(33)29-14-11-9-2)22-17-20(3)16-21(4)18-22/h16-18,23-24,32H,8-15,19H2,1-7H3,(H,29,33)(H,30,35). The lowest BCUT2D eigenvalue weighted by molar-refractivity contribution is -0.143. The summed E-state index contributed by atoms with van der Waals surface area (Å²) >= 11 is 0. The molecule has 0 saturated heterocycles. The Balaban J connectivity index is 3.40. The molecule has 8 nitrogen and oxygen atoms in total. The van der Waals surface area contributed by atoms with Crippen molar-refractivity contribution in [2.75, 3.05) is 19.7 Å². The molecule has 0 bridgehead atoms. The molecule has 0 radical (unpaired) electrons. The van der Waals surface area contributed by atoms with Crippen molar-refractivity contribution in [3.8, 4) is 0 Å². The van der Waals surface area contributed by atoms with Crippen LogP contribution in [0.3, 0.4) is 0 Å². The number of benzene rings is 1. The van der Waals surface area contributed by atoms with Gasteiger partial charge in [-0.25, -0.2) is 4.79 Å². The first kappa shape index (κ1) is 31.4. The van der Waals surface area contributed by atoms with E-state index in [0.29, 0.717) is 25.1 Å². The molecular weight excluding hydrogens is 458 g/mol. The van der Waals surface area contributed by atoms with E-state index in [1.54, 1.807) is 20.8 Å². The summed E-state index contributed by atoms with van der Waals surface area (Å²) in [6.07, 6.45) is 4.62. The van der Waals surface area contributed by atoms with Gasteiger partial charge in [-0.1, -0.05) is 68.9 Å². The summed E-state index contributed by atoms with van der Waals surface area (Å²) in [6.45, 7) is 13.4. The van der Waals surface area contributed by atoms with E-state index < -0.39 is 36.3 Å². The lowest BCUT2D eigenvalue weighted by atomic mass is 9.98. The summed E-state index contributed by atoms with van der Waals surface area (Å²) in [7, 11) is 0. The molecule has 0 heterocycles. The second-order valence-corrected chi connectivity index (χ2v) is 10.4. The SMILES string of the molecule is CCCCCCN(C(=O)C(CO)NC(=O)OC(C)(C)C)C(C(=O)NCCCC)c1cc(C)cc(C)c1. The van der Waals surface area contributed by atoms with E-state index in [-0.39, 0.29) is 5.91 Å². The van der Waals surface area contributed by atoms with E-state index in [2.05, 4.69) is 17.6 Å². The molecule has 1 rings (SSSR count). The van der Waals surface area contributed by atoms with E-state index in [1.807, 2.05) is 39.0 Å². The summed E-state index contributed by atoms with van der Waals surface area (Å²) in [6, 6.07) is 3.73. The van der Waals surface area contributed by atoms with Gasteiger partial charge in [0, 0.05) is 13.1 Å². The van der Waals surface area contributed by atoms with E-state index in [0.717, 1.165) is 43.2 Å². The maximum Gasteiger partial charge on any atom is 0.408 e. The van der Waals surface area contributed by atoms with Gasteiger partial charge in [0.25, 0.3) is 0 Å². The van der Waals surface area contributed by atoms with Crippen LogP contribution in [0.5, 0.6) is 0 Å². The second kappa shape index (κ2) is 15.5. The van der Waals surface area contributed by atoms with Crippen LogP contribution in [-0.2, 0) is 14.3 Å². The first-order chi connectivity index (χ1) is 16.9. The molecule has 1 aromatic rings. The number of hydrogen-bond donors (Lipinski definition) is 3. The number of ether oxygens (including phenoxy) is 1. The van der Waals surface area contributed by atoms with Gasteiger partial charge >= 0.3 is 6.09 Å². The van der Waals surface area contributed by atoms with E-state index >= 15 is 0 Å². The number of alkyl carbamates (subject to hydrolysis) is 1. The number of aryl methyl sites for hydroxylation is 2. The molecule has 0 aromatic heterocycles. The predicted octanol–water partition coefficient (Wildman–Crippen LogP) is 4.56. The highest BCUT2D eigenvalue weighted by molar-refractivity contribution is 5.92. The van der Waals surface area contributed by atoms with Gasteiger partial charge in [0.15, 0.2) is 0 Å². The molecule has 0 spiro atoms. The molecule has 204 valence electrons. The van der Waals surface area contributed by atoms with E-state index in [4.69, 9.17) is 4.74 Å². The largest absolute Gasteiger partial charge is 0.444 e. The van der Waals surface area contributed by atoms with Crippen LogP contribution in [0.4, 0.5) is 4.79 Å². The molecule has 36 heavy (non-hydrogen) atoms. The molecular formula is C28H47N3O5. The Morgan fingerprint density at radius 1 is 0.972 bits per heavy atom. The highest BCUT2D eigenvalue weighted by atomic mass is 16.6. The molecule has 0 aliphatic carbocycles. The first-order valence-electron chi connectivity index (χ1n) is 13.2. The zero-order chi connectivity index (χ0) is 27.3. The third-order valence-corrected chi connectivity index (χ3v) is 5.66. The second-order valence-electron chi connectivity index (χ2n) is 10.4. The predicted molar refractivity (Wildman–Crippen MR) is 143 cm³/mol. The lowest BCUT2D eigenvalue weighted by Gasteiger charge is -2.34. The van der Waals surface area contributed by atoms with Gasteiger partial charge in [-0.3, -0.25) is 9.59 Å². The molecule has 0 saturated carbocycles. The van der Waals surface area contributed by atoms with Crippen LogP contribution >= 0.6 is 0 Å². The van der Waals surface area contributed by atoms with E-state index in [1.165, 1.54) is 4.90 Å². The highest BCUT2D eigenvalue weighted by Crippen LogP contribution is 2.26. The third-order valence-electron chi connectivity index (χ3n) is 5.66. The van der Waals surface area contributed by atoms with Gasteiger partial charge in [-0.2, -0.15) is 0 Å². The van der Waals surface area contributed by atoms with Gasteiger partial charge in [0.05, 0.1) is 6.61 Å². The minimum atomic E-state index is -1.23. The summed E-state index contributed by atoms with van der Waals surface area (Å²) in [4.78, 5) is 41.2. The molecule has 0 aliphatic heterocycles. The number of aliphatic hydroxyl groups is 1. The molecule has 3 N–H and O–H groups in total. The maximum atomic E-state index is 13.8. The number of amides is 3. The fraction of sp³-hybridized carbons (Fsp3) is 0.679. The molecule has 2 unspecified atom stereocenters. The summed E-state index contributed by atoms with van der Waals surface area (Å²) in [5, 5.41) is 15.5. The number of carbonyl (C=O) groups is 3. The van der Waals surface area contributed by atoms with Crippen molar-refractivity contribution in [3.63, 3.8) is 0 Å². The zero-order valence-electron chi connectivity index (χ0n) is 23.3. The van der Waals surface area contributed by atoms with Crippen LogP contribution in [0.25, 0.3) is 0 Å². The van der Waals surface area contributed by atoms with E-state index in [9.17, 15) is 19.5 Å². The fourth-order valence-corrected chi connectivity index (χ4v) is 4.04. The Kier molecular flexibility index (Phi) is 13.5. The van der Waals surface area contributed by atoms with Crippen molar-refractivity contribution in [3.05, 3.63) is 34.9 Å². The molecule has 8 heteroatoms. The number of rotatable bonds is 14. The Bertz CT molecular complexity index is 830.